The molecule has 45 heavy (non-hydrogen) atoms. The van der Waals surface area contributed by atoms with Crippen molar-refractivity contribution in [2.24, 2.45) is 21.8 Å². The number of nitrogens with one attached hydrogen (secondary N) is 3. The lowest BCUT2D eigenvalue weighted by Gasteiger charge is -2.44. The van der Waals surface area contributed by atoms with Crippen LogP contribution in [0.25, 0.3) is 0 Å². The number of aliphatic carboxylic acids is 1. The number of aromatic amines is 1. The third-order valence-corrected chi connectivity index (χ3v) is 8.79. The molecule has 244 valence electrons. The topological polar surface area (TPSA) is 304 Å². The van der Waals surface area contributed by atoms with E-state index in [-0.39, 0.29) is 34.0 Å². The second-order valence-corrected chi connectivity index (χ2v) is 12.9. The maximum absolute atomic E-state index is 13.2. The van der Waals surface area contributed by atoms with Crippen LogP contribution in [0.15, 0.2) is 27.2 Å². The monoisotopic (exact) mass is 672 g/mol. The largest absolute Gasteiger partial charge is 0.503 e. The number of H-pyrrole nitrogens is 1. The number of thioether (sulfide) groups is 1. The second-order valence-electron chi connectivity index (χ2n) is 10.6. The van der Waals surface area contributed by atoms with Crippen molar-refractivity contribution in [3.05, 3.63) is 28.2 Å². The number of amides is 4. The zero-order valence-corrected chi connectivity index (χ0v) is 25.1. The summed E-state index contributed by atoms with van der Waals surface area (Å²) in [5, 5.41) is 27.1. The molecule has 22 heteroatoms. The lowest BCUT2D eigenvalue weighted by molar-refractivity contribution is -0.161. The first-order valence-electron chi connectivity index (χ1n) is 13.0. The van der Waals surface area contributed by atoms with E-state index in [1.54, 1.807) is 0 Å². The summed E-state index contributed by atoms with van der Waals surface area (Å²) < 4.78 is 33.4. The van der Waals surface area contributed by atoms with E-state index in [2.05, 4.69) is 25.8 Å². The van der Waals surface area contributed by atoms with E-state index < -0.39 is 93.0 Å². The summed E-state index contributed by atoms with van der Waals surface area (Å²) in [7, 11) is -5.11. The minimum Gasteiger partial charge on any atom is -0.503 e. The van der Waals surface area contributed by atoms with Crippen LogP contribution in [0.4, 0.5) is 0 Å². The summed E-state index contributed by atoms with van der Waals surface area (Å²) >= 11 is 1.07. The zero-order chi connectivity index (χ0) is 33.4. The number of nitrogens with zero attached hydrogens (tertiary/aromatic N) is 4. The van der Waals surface area contributed by atoms with Crippen molar-refractivity contribution >= 4 is 62.5 Å². The molecule has 20 nitrogen and oxygen atoms in total. The normalized spacial score (nSPS) is 22.2. The van der Waals surface area contributed by atoms with Gasteiger partial charge in [0.15, 0.2) is 16.6 Å². The van der Waals surface area contributed by atoms with E-state index in [9.17, 15) is 52.0 Å². The maximum atomic E-state index is 13.2. The van der Waals surface area contributed by atoms with Gasteiger partial charge in [-0.05, 0) is 13.8 Å². The summed E-state index contributed by atoms with van der Waals surface area (Å²) in [4.78, 5) is 86.9. The molecular weight excluding hydrogens is 644 g/mol. The molecule has 3 aliphatic heterocycles. The third-order valence-electron chi connectivity index (χ3n) is 6.96. The first kappa shape index (κ1) is 33.2. The lowest BCUT2D eigenvalue weighted by atomic mass is 9.96. The third kappa shape index (κ3) is 7.01. The van der Waals surface area contributed by atoms with Crippen LogP contribution in [-0.2, 0) is 34.3 Å². The van der Waals surface area contributed by atoms with E-state index in [1.807, 2.05) is 0 Å². The molecule has 0 saturated carbocycles. The van der Waals surface area contributed by atoms with Gasteiger partial charge in [-0.25, -0.2) is 9.10 Å². The van der Waals surface area contributed by atoms with Gasteiger partial charge in [-0.1, -0.05) is 16.9 Å². The number of aliphatic imine (C=N–C) groups is 1. The average Bonchev–Trinajstić information content (AvgIpc) is 3.34. The van der Waals surface area contributed by atoms with Crippen molar-refractivity contribution < 1.29 is 52.0 Å². The minimum absolute atomic E-state index is 0.0679. The standard InChI is InChI=1S/C23H28N8O12S2/c1-23(2,21(38)39)43-29-15(11-8-44-22(24)27-11)18(35)28-16-12(31(20(16)37)45(40,41)42)4-26-17(34)9-6-30(7-9)19(36)10-3-13(32)14(33)5-25-10/h3,5,9,11-12,16,33H,4,6-8H2,1-2H3,(H2,24,27)(H,25,32)(H,26,34)(H,28,35)(H,38,39)(H,40,41,42)/b29-15-/t11?,12-,16+/m1/s1. The fourth-order valence-electron chi connectivity index (χ4n) is 4.28. The molecule has 1 unspecified atom stereocenters. The number of carboxylic acids is 1. The highest BCUT2D eigenvalue weighted by atomic mass is 32.2. The number of hydrogen-bond donors (Lipinski definition) is 7. The van der Waals surface area contributed by atoms with Crippen molar-refractivity contribution in [2.45, 2.75) is 37.6 Å². The quantitative estimate of drug-likeness (QED) is 0.0518. The van der Waals surface area contributed by atoms with Crippen LogP contribution in [0.3, 0.4) is 0 Å². The Labute approximate surface area is 257 Å². The highest BCUT2D eigenvalue weighted by Gasteiger charge is 2.54. The van der Waals surface area contributed by atoms with Crippen molar-refractivity contribution in [3.8, 4) is 5.75 Å². The SMILES string of the molecule is CC(C)(O/N=C(\C(=O)N[C@@H]1C(=O)N(S(=O)(=O)O)[C@@H]1CNC(=O)C1CN(C(=O)c2cc(=O)c(O)c[nH]2)C1)C1CSC(N)=N1)C(=O)O. The molecule has 0 radical (unpaired) electrons. The number of hydrogen-bond acceptors (Lipinski definition) is 14. The van der Waals surface area contributed by atoms with Crippen molar-refractivity contribution in [1.82, 2.24) is 24.8 Å². The van der Waals surface area contributed by atoms with E-state index in [4.69, 9.17) is 10.6 Å². The number of oxime groups is 1. The summed E-state index contributed by atoms with van der Waals surface area (Å²) in [5.74, 6) is -6.18. The molecule has 4 rings (SSSR count). The van der Waals surface area contributed by atoms with Gasteiger partial charge in [-0.15, -0.1) is 0 Å². The molecule has 0 aromatic carbocycles. The highest BCUT2D eigenvalue weighted by Crippen LogP contribution is 2.25. The van der Waals surface area contributed by atoms with Gasteiger partial charge in [0.25, 0.3) is 17.7 Å². The van der Waals surface area contributed by atoms with Gasteiger partial charge in [0, 0.05) is 37.7 Å². The zero-order valence-electron chi connectivity index (χ0n) is 23.5. The number of likely N-dealkylation sites (tertiary alicyclic amines) is 1. The molecule has 1 aromatic heterocycles. The fourth-order valence-corrected chi connectivity index (χ4v) is 5.93. The number of β-lactam (4-membered cyclic amide) rings is 1. The number of nitrogens with two attached hydrogens (primary N) is 1. The maximum Gasteiger partial charge on any atom is 0.362 e. The smallest absolute Gasteiger partial charge is 0.362 e. The van der Waals surface area contributed by atoms with Gasteiger partial charge in [0.1, 0.15) is 17.8 Å². The molecular formula is C23H28N8O12S2. The summed E-state index contributed by atoms with van der Waals surface area (Å²) in [6.07, 6.45) is 0.948. The average molecular weight is 673 g/mol. The number of carbonyl (C=O) groups excluding carboxylic acids is 4. The number of rotatable bonds is 11. The predicted molar refractivity (Wildman–Crippen MR) is 153 cm³/mol. The molecule has 3 atom stereocenters. The molecule has 2 fully saturated rings. The Morgan fingerprint density at radius 3 is 2.49 bits per heavy atom. The van der Waals surface area contributed by atoms with Crippen LogP contribution in [0.1, 0.15) is 24.3 Å². The Hall–Kier alpha value is -4.70. The first-order chi connectivity index (χ1) is 20.9. The summed E-state index contributed by atoms with van der Waals surface area (Å²) in [6.45, 7) is 1.63. The lowest BCUT2D eigenvalue weighted by Crippen LogP contribution is -2.75. The van der Waals surface area contributed by atoms with Crippen molar-refractivity contribution in [1.29, 1.82) is 0 Å². The Morgan fingerprint density at radius 2 is 1.93 bits per heavy atom. The van der Waals surface area contributed by atoms with E-state index in [0.29, 0.717) is 0 Å². The highest BCUT2D eigenvalue weighted by molar-refractivity contribution is 8.14. The molecule has 0 spiro atoms. The molecule has 0 aliphatic carbocycles. The fraction of sp³-hybridized carbons (Fsp3) is 0.478. The first-order valence-corrected chi connectivity index (χ1v) is 15.3. The van der Waals surface area contributed by atoms with Crippen LogP contribution < -0.4 is 21.8 Å². The van der Waals surface area contributed by atoms with Gasteiger partial charge in [0.2, 0.25) is 16.9 Å². The second kappa shape index (κ2) is 12.4. The van der Waals surface area contributed by atoms with E-state index >= 15 is 0 Å². The van der Waals surface area contributed by atoms with Crippen LogP contribution in [0, 0.1) is 5.92 Å². The van der Waals surface area contributed by atoms with Crippen molar-refractivity contribution in [2.75, 3.05) is 25.4 Å². The Balaban J connectivity index is 1.42. The molecule has 3 aliphatic rings. The van der Waals surface area contributed by atoms with Gasteiger partial charge in [-0.2, -0.15) is 8.42 Å². The molecule has 2 saturated heterocycles. The number of aromatic hydroxyl groups is 1. The van der Waals surface area contributed by atoms with Gasteiger partial charge >= 0.3 is 16.3 Å². The van der Waals surface area contributed by atoms with Crippen molar-refractivity contribution in [3.63, 3.8) is 0 Å². The Morgan fingerprint density at radius 1 is 1.27 bits per heavy atom. The molecule has 4 amide bonds. The van der Waals surface area contributed by atoms with Gasteiger partial charge < -0.3 is 41.3 Å². The molecule has 8 N–H and O–H groups in total. The number of carboxylic acid groups (broad SMARTS) is 1. The van der Waals surface area contributed by atoms with Crippen LogP contribution >= 0.6 is 11.8 Å². The van der Waals surface area contributed by atoms with Gasteiger partial charge in [0.05, 0.1) is 12.0 Å². The number of amidine groups is 1. The number of carbonyl (C=O) groups is 5. The Kier molecular flexibility index (Phi) is 9.12. The summed E-state index contributed by atoms with van der Waals surface area (Å²) in [5.41, 5.74) is 2.45. The molecule has 4 heterocycles. The van der Waals surface area contributed by atoms with Crippen LogP contribution in [0.2, 0.25) is 0 Å². The van der Waals surface area contributed by atoms with E-state index in [0.717, 1.165) is 24.0 Å². The molecule has 0 bridgehead atoms. The number of pyridine rings is 1. The van der Waals surface area contributed by atoms with E-state index in [1.165, 1.54) is 18.7 Å². The Bertz CT molecular complexity index is 1670. The predicted octanol–water partition coefficient (Wildman–Crippen LogP) is -3.57. The molecule has 1 aromatic rings. The minimum atomic E-state index is -5.11. The van der Waals surface area contributed by atoms with Crippen LogP contribution in [-0.4, -0.2) is 127 Å². The number of aromatic nitrogens is 1. The van der Waals surface area contributed by atoms with Crippen LogP contribution in [0.5, 0.6) is 5.75 Å². The summed E-state index contributed by atoms with van der Waals surface area (Å²) in [6, 6.07) is -3.17. The van der Waals surface area contributed by atoms with Gasteiger partial charge in [-0.3, -0.25) is 33.5 Å².